The van der Waals surface area contributed by atoms with Crippen molar-refractivity contribution in [1.29, 1.82) is 0 Å². The normalized spacial score (nSPS) is 10.3. The van der Waals surface area contributed by atoms with Crippen molar-refractivity contribution in [3.63, 3.8) is 0 Å². The van der Waals surface area contributed by atoms with Gasteiger partial charge in [-0.05, 0) is 83.1 Å². The van der Waals surface area contributed by atoms with Gasteiger partial charge in [0, 0.05) is 36.3 Å². The maximum atomic E-state index is 10.4. The Bertz CT molecular complexity index is 416. The van der Waals surface area contributed by atoms with Crippen molar-refractivity contribution in [3.05, 3.63) is 0 Å². The number of amides is 3. The Kier molecular flexibility index (Phi) is 21.6. The Morgan fingerprint density at radius 2 is 0.516 bits per heavy atom. The Hall–Kier alpha value is -1.48. The molecule has 9 nitrogen and oxygen atoms in total. The van der Waals surface area contributed by atoms with E-state index >= 15 is 0 Å². The molecule has 0 aromatic rings. The van der Waals surface area contributed by atoms with E-state index in [1.165, 1.54) is 14.7 Å². The van der Waals surface area contributed by atoms with Gasteiger partial charge in [0.25, 0.3) is 0 Å². The first-order chi connectivity index (χ1) is 13.4. The van der Waals surface area contributed by atoms with E-state index in [0.717, 1.165) is 0 Å². The van der Waals surface area contributed by atoms with Crippen LogP contribution < -0.4 is 15.3 Å². The van der Waals surface area contributed by atoms with Crippen LogP contribution in [0.3, 0.4) is 0 Å². The van der Waals surface area contributed by atoms with E-state index < -0.39 is 18.3 Å². The van der Waals surface area contributed by atoms with Gasteiger partial charge in [0.1, 0.15) is 18.3 Å². The van der Waals surface area contributed by atoms with Gasteiger partial charge in [-0.25, -0.2) is 0 Å². The van der Waals surface area contributed by atoms with Gasteiger partial charge in [0.15, 0.2) is 0 Å². The second-order valence-corrected chi connectivity index (χ2v) is 8.58. The number of hydrogen-bond acceptors (Lipinski definition) is 6. The fraction of sp³-hybridized carbons (Fsp3) is 0.857. The third kappa shape index (κ3) is 16.8. The molecule has 10 heteroatoms. The topological polar surface area (TPSA) is 130 Å². The van der Waals surface area contributed by atoms with Gasteiger partial charge < -0.3 is 44.4 Å². The Morgan fingerprint density at radius 3 is 0.516 bits per heavy atom. The fourth-order valence-electron chi connectivity index (χ4n) is 3.05. The molecule has 0 aliphatic carbocycles. The van der Waals surface area contributed by atoms with E-state index in [1.54, 1.807) is 0 Å². The zero-order valence-corrected chi connectivity index (χ0v) is 22.8. The number of carbonyl (C=O) groups is 3. The first kappa shape index (κ1) is 36.9. The Labute approximate surface area is 203 Å². The molecule has 0 saturated carbocycles. The standard InChI is InChI=1S/3C7H15NO2.Ti/c3*1-5(2)8(6(3)4)7(9)10;/h3*5-6H,1-4H3,(H,9,10);/q;;;+2/p-3. The number of hydrogen-bond donors (Lipinski definition) is 0. The van der Waals surface area contributed by atoms with Crippen molar-refractivity contribution < 1.29 is 51.4 Å². The summed E-state index contributed by atoms with van der Waals surface area (Å²) in [4.78, 5) is 35.1. The Morgan fingerprint density at radius 1 is 0.419 bits per heavy atom. The Balaban J connectivity index is -0.000000174. The summed E-state index contributed by atoms with van der Waals surface area (Å²) in [7, 11) is 0. The van der Waals surface area contributed by atoms with Gasteiger partial charge in [0.05, 0.1) is 0 Å². The van der Waals surface area contributed by atoms with Crippen LogP contribution in [0, 0.1) is 0 Å². The van der Waals surface area contributed by atoms with Gasteiger partial charge >= 0.3 is 21.7 Å². The molecule has 0 N–H and O–H groups in total. The molecule has 0 fully saturated rings. The minimum absolute atomic E-state index is 0. The first-order valence-electron chi connectivity index (χ1n) is 10.4. The van der Waals surface area contributed by atoms with E-state index in [9.17, 15) is 29.7 Å². The van der Waals surface area contributed by atoms with Crippen LogP contribution in [0.25, 0.3) is 0 Å². The molecule has 0 aliphatic heterocycles. The average Bonchev–Trinajstić information content (AvgIpc) is 2.43. The van der Waals surface area contributed by atoms with Gasteiger partial charge in [0.2, 0.25) is 0 Å². The molecule has 0 rings (SSSR count). The molecule has 0 bridgehead atoms. The van der Waals surface area contributed by atoms with Crippen molar-refractivity contribution in [3.8, 4) is 0 Å². The molecule has 3 amide bonds. The van der Waals surface area contributed by atoms with Crippen molar-refractivity contribution in [2.45, 2.75) is 119 Å². The van der Waals surface area contributed by atoms with Crippen LogP contribution in [-0.4, -0.2) is 69.2 Å². The van der Waals surface area contributed by atoms with Crippen LogP contribution in [0.1, 0.15) is 83.1 Å². The molecule has 0 heterocycles. The largest absolute Gasteiger partial charge is 2.00 e. The number of carboxylic acid groups (broad SMARTS) is 3. The third-order valence-corrected chi connectivity index (χ3v) is 3.97. The van der Waals surface area contributed by atoms with Crippen molar-refractivity contribution in [2.24, 2.45) is 0 Å². The van der Waals surface area contributed by atoms with Crippen LogP contribution in [-0.2, 0) is 21.7 Å². The smallest absolute Gasteiger partial charge is 0.530 e. The quantitative estimate of drug-likeness (QED) is 0.528. The average molecular weight is 480 g/mol. The summed E-state index contributed by atoms with van der Waals surface area (Å²) in [6.45, 7) is 21.9. The summed E-state index contributed by atoms with van der Waals surface area (Å²) in [6, 6.07) is 0.0278. The molecule has 0 aliphatic rings. The zero-order chi connectivity index (χ0) is 24.9. The van der Waals surface area contributed by atoms with Gasteiger partial charge in [-0.1, -0.05) is 0 Å². The summed E-state index contributed by atoms with van der Waals surface area (Å²) in [6.07, 6.45) is -3.28. The number of nitrogens with zero attached hydrogens (tertiary/aromatic N) is 3. The van der Waals surface area contributed by atoms with Crippen LogP contribution >= 0.6 is 0 Å². The van der Waals surface area contributed by atoms with Crippen LogP contribution in [0.5, 0.6) is 0 Å². The summed E-state index contributed by atoms with van der Waals surface area (Å²) < 4.78 is 0. The fourth-order valence-corrected chi connectivity index (χ4v) is 3.05. The maximum Gasteiger partial charge on any atom is 2.00 e. The molecule has 0 unspecified atom stereocenters. The molecule has 0 radical (unpaired) electrons. The van der Waals surface area contributed by atoms with Gasteiger partial charge in [-0.15, -0.1) is 0 Å². The van der Waals surface area contributed by atoms with Crippen LogP contribution in [0.15, 0.2) is 0 Å². The molecule has 0 saturated heterocycles. The summed E-state index contributed by atoms with van der Waals surface area (Å²) in [5.74, 6) is 0. The van der Waals surface area contributed by atoms with Crippen molar-refractivity contribution in [2.75, 3.05) is 0 Å². The number of rotatable bonds is 6. The van der Waals surface area contributed by atoms with E-state index in [1.807, 2.05) is 83.1 Å². The second kappa shape index (κ2) is 18.1. The van der Waals surface area contributed by atoms with Crippen LogP contribution in [0.4, 0.5) is 14.4 Å². The molecule has 0 aromatic heterocycles. The predicted octanol–water partition coefficient (Wildman–Crippen LogP) is 1.34. The van der Waals surface area contributed by atoms with Gasteiger partial charge in [-0.3, -0.25) is 0 Å². The minimum Gasteiger partial charge on any atom is -0.530 e. The molecule has 182 valence electrons. The SMILES string of the molecule is CC(C)N(C(=O)[O-])C(C)C.CC(C)N(C(=O)[O-])C(C)C.CC(C)N(C(=O)[O-])C(C)C.[Ti+2]. The predicted molar refractivity (Wildman–Crippen MR) is 113 cm³/mol. The van der Waals surface area contributed by atoms with E-state index in [4.69, 9.17) is 0 Å². The minimum atomic E-state index is -1.09. The maximum absolute atomic E-state index is 10.4. The molecular weight excluding hydrogens is 438 g/mol. The first-order valence-corrected chi connectivity index (χ1v) is 10.4. The van der Waals surface area contributed by atoms with Crippen molar-refractivity contribution >= 4 is 18.3 Å². The molecule has 31 heavy (non-hydrogen) atoms. The van der Waals surface area contributed by atoms with Crippen LogP contribution in [0.2, 0.25) is 0 Å². The molecule has 0 aromatic carbocycles. The zero-order valence-electron chi connectivity index (χ0n) is 21.3. The summed E-state index contributed by atoms with van der Waals surface area (Å²) in [5, 5.41) is 31.2. The van der Waals surface area contributed by atoms with Crippen molar-refractivity contribution in [1.82, 2.24) is 14.7 Å². The third-order valence-electron chi connectivity index (χ3n) is 3.97. The molecular formula is C21H42N3O6Ti-. The summed E-state index contributed by atoms with van der Waals surface area (Å²) in [5.41, 5.74) is 0. The van der Waals surface area contributed by atoms with E-state index in [2.05, 4.69) is 0 Å². The second-order valence-electron chi connectivity index (χ2n) is 8.58. The summed E-state index contributed by atoms with van der Waals surface area (Å²) >= 11 is 0. The number of carbonyl (C=O) groups excluding carboxylic acids is 3. The molecule has 0 atom stereocenters. The monoisotopic (exact) mass is 480 g/mol. The van der Waals surface area contributed by atoms with Gasteiger partial charge in [-0.2, -0.15) is 0 Å². The van der Waals surface area contributed by atoms with E-state index in [-0.39, 0.29) is 58.0 Å². The molecule has 0 spiro atoms. The van der Waals surface area contributed by atoms with E-state index in [0.29, 0.717) is 0 Å².